The summed E-state index contributed by atoms with van der Waals surface area (Å²) in [5.41, 5.74) is 0.658. The van der Waals surface area contributed by atoms with E-state index in [1.807, 2.05) is 12.1 Å². The van der Waals surface area contributed by atoms with Gasteiger partial charge in [-0.1, -0.05) is 25.8 Å². The highest BCUT2D eigenvalue weighted by Gasteiger charge is 2.18. The second-order valence-corrected chi connectivity index (χ2v) is 5.79. The maximum absolute atomic E-state index is 8.87. The van der Waals surface area contributed by atoms with Crippen molar-refractivity contribution in [1.29, 1.82) is 5.26 Å². The molecule has 1 saturated heterocycles. The van der Waals surface area contributed by atoms with E-state index in [9.17, 15) is 0 Å². The Labute approximate surface area is 128 Å². The molecule has 21 heavy (non-hydrogen) atoms. The van der Waals surface area contributed by atoms with Crippen LogP contribution in [0.2, 0.25) is 0 Å². The number of likely N-dealkylation sites (tertiary alicyclic amines) is 1. The summed E-state index contributed by atoms with van der Waals surface area (Å²) in [6, 6.07) is 10.3. The first-order valence-electron chi connectivity index (χ1n) is 8.20. The molecule has 0 spiro atoms. The standard InChI is InChI=1S/C18H26N2O/c1-2-17-9-4-3-5-11-20(17)12-7-13-21-18-10-6-8-16(14-18)15-19/h6,8,10,14,17H,2-5,7,9,11-13H2,1H3. The van der Waals surface area contributed by atoms with Gasteiger partial charge in [-0.3, -0.25) is 0 Å². The number of hydrogen-bond acceptors (Lipinski definition) is 3. The van der Waals surface area contributed by atoms with Crippen molar-refractivity contribution in [3.63, 3.8) is 0 Å². The smallest absolute Gasteiger partial charge is 0.120 e. The lowest BCUT2D eigenvalue weighted by atomic mass is 10.1. The van der Waals surface area contributed by atoms with Crippen molar-refractivity contribution in [3.05, 3.63) is 29.8 Å². The Morgan fingerprint density at radius 1 is 1.33 bits per heavy atom. The van der Waals surface area contributed by atoms with E-state index < -0.39 is 0 Å². The van der Waals surface area contributed by atoms with Crippen LogP contribution in [-0.4, -0.2) is 30.6 Å². The van der Waals surface area contributed by atoms with Crippen LogP contribution >= 0.6 is 0 Å². The van der Waals surface area contributed by atoms with E-state index in [-0.39, 0.29) is 0 Å². The van der Waals surface area contributed by atoms with Gasteiger partial charge in [-0.05, 0) is 50.4 Å². The lowest BCUT2D eigenvalue weighted by Crippen LogP contribution is -2.35. The molecule has 0 radical (unpaired) electrons. The van der Waals surface area contributed by atoms with Crippen molar-refractivity contribution in [3.8, 4) is 11.8 Å². The SMILES string of the molecule is CCC1CCCCCN1CCCOc1cccc(C#N)c1. The van der Waals surface area contributed by atoms with Crippen molar-refractivity contribution in [2.75, 3.05) is 19.7 Å². The van der Waals surface area contributed by atoms with Gasteiger partial charge in [0.2, 0.25) is 0 Å². The Kier molecular flexibility index (Phi) is 6.56. The Morgan fingerprint density at radius 3 is 3.05 bits per heavy atom. The third-order valence-corrected chi connectivity index (χ3v) is 4.29. The predicted molar refractivity (Wildman–Crippen MR) is 85.4 cm³/mol. The molecule has 3 nitrogen and oxygen atoms in total. The van der Waals surface area contributed by atoms with Crippen molar-refractivity contribution in [2.45, 2.75) is 51.5 Å². The van der Waals surface area contributed by atoms with Crippen LogP contribution in [0.25, 0.3) is 0 Å². The van der Waals surface area contributed by atoms with E-state index in [1.165, 1.54) is 38.6 Å². The summed E-state index contributed by atoms with van der Waals surface area (Å²) in [6.45, 7) is 5.38. The zero-order valence-corrected chi connectivity index (χ0v) is 13.1. The van der Waals surface area contributed by atoms with Crippen LogP contribution in [-0.2, 0) is 0 Å². The molecular formula is C18H26N2O. The highest BCUT2D eigenvalue weighted by Crippen LogP contribution is 2.19. The largest absolute Gasteiger partial charge is 0.494 e. The van der Waals surface area contributed by atoms with E-state index in [1.54, 1.807) is 12.1 Å². The molecule has 1 atom stereocenters. The minimum atomic E-state index is 0.658. The molecule has 0 N–H and O–H groups in total. The number of hydrogen-bond donors (Lipinski definition) is 0. The molecule has 1 heterocycles. The van der Waals surface area contributed by atoms with Crippen LogP contribution in [0.3, 0.4) is 0 Å². The quantitative estimate of drug-likeness (QED) is 0.742. The fraction of sp³-hybridized carbons (Fsp3) is 0.611. The normalized spacial score (nSPS) is 19.7. The Hall–Kier alpha value is -1.53. The first-order chi connectivity index (χ1) is 10.3. The second kappa shape index (κ2) is 8.69. The van der Waals surface area contributed by atoms with Gasteiger partial charge in [0.1, 0.15) is 5.75 Å². The molecule has 0 bridgehead atoms. The molecule has 0 saturated carbocycles. The van der Waals surface area contributed by atoms with Gasteiger partial charge in [-0.15, -0.1) is 0 Å². The molecular weight excluding hydrogens is 260 g/mol. The number of benzene rings is 1. The number of rotatable bonds is 6. The van der Waals surface area contributed by atoms with E-state index in [4.69, 9.17) is 10.00 Å². The fourth-order valence-electron chi connectivity index (χ4n) is 3.11. The van der Waals surface area contributed by atoms with Gasteiger partial charge in [0.05, 0.1) is 18.2 Å². The maximum atomic E-state index is 8.87. The van der Waals surface area contributed by atoms with Gasteiger partial charge in [0.15, 0.2) is 0 Å². The zero-order valence-electron chi connectivity index (χ0n) is 13.1. The molecule has 2 rings (SSSR count). The zero-order chi connectivity index (χ0) is 14.9. The van der Waals surface area contributed by atoms with Crippen molar-refractivity contribution >= 4 is 0 Å². The van der Waals surface area contributed by atoms with Crippen LogP contribution in [0.1, 0.15) is 51.0 Å². The van der Waals surface area contributed by atoms with Crippen molar-refractivity contribution in [1.82, 2.24) is 4.90 Å². The van der Waals surface area contributed by atoms with Crippen molar-refractivity contribution < 1.29 is 4.74 Å². The minimum Gasteiger partial charge on any atom is -0.494 e. The molecule has 0 amide bonds. The lowest BCUT2D eigenvalue weighted by molar-refractivity contribution is 0.177. The fourth-order valence-corrected chi connectivity index (χ4v) is 3.11. The summed E-state index contributed by atoms with van der Waals surface area (Å²) in [7, 11) is 0. The maximum Gasteiger partial charge on any atom is 0.120 e. The first-order valence-corrected chi connectivity index (χ1v) is 8.20. The highest BCUT2D eigenvalue weighted by atomic mass is 16.5. The summed E-state index contributed by atoms with van der Waals surface area (Å²) >= 11 is 0. The average molecular weight is 286 g/mol. The molecule has 1 fully saturated rings. The third-order valence-electron chi connectivity index (χ3n) is 4.29. The number of nitriles is 1. The van der Waals surface area contributed by atoms with E-state index in [0.29, 0.717) is 5.56 Å². The van der Waals surface area contributed by atoms with E-state index in [0.717, 1.165) is 31.4 Å². The van der Waals surface area contributed by atoms with Gasteiger partial charge in [-0.2, -0.15) is 5.26 Å². The van der Waals surface area contributed by atoms with Crippen LogP contribution in [0.15, 0.2) is 24.3 Å². The van der Waals surface area contributed by atoms with Crippen LogP contribution in [0.5, 0.6) is 5.75 Å². The molecule has 0 aliphatic carbocycles. The van der Waals surface area contributed by atoms with Crippen molar-refractivity contribution in [2.24, 2.45) is 0 Å². The van der Waals surface area contributed by atoms with Gasteiger partial charge in [0, 0.05) is 12.6 Å². The monoisotopic (exact) mass is 286 g/mol. The Bertz CT molecular complexity index is 467. The predicted octanol–water partition coefficient (Wildman–Crippen LogP) is 3.98. The molecule has 114 valence electrons. The second-order valence-electron chi connectivity index (χ2n) is 5.79. The molecule has 1 aromatic carbocycles. The molecule has 1 aromatic rings. The molecule has 1 aliphatic rings. The minimum absolute atomic E-state index is 0.658. The lowest BCUT2D eigenvalue weighted by Gasteiger charge is -2.29. The van der Waals surface area contributed by atoms with Gasteiger partial charge < -0.3 is 9.64 Å². The Balaban J connectivity index is 1.74. The molecule has 1 unspecified atom stereocenters. The van der Waals surface area contributed by atoms with E-state index in [2.05, 4.69) is 17.9 Å². The molecule has 3 heteroatoms. The van der Waals surface area contributed by atoms with E-state index >= 15 is 0 Å². The third kappa shape index (κ3) is 5.06. The van der Waals surface area contributed by atoms with Gasteiger partial charge in [0.25, 0.3) is 0 Å². The summed E-state index contributed by atoms with van der Waals surface area (Å²) in [4.78, 5) is 2.64. The van der Waals surface area contributed by atoms with Crippen LogP contribution < -0.4 is 4.74 Å². The molecule has 0 aromatic heterocycles. The van der Waals surface area contributed by atoms with Crippen LogP contribution in [0, 0.1) is 11.3 Å². The average Bonchev–Trinajstić information content (AvgIpc) is 2.76. The summed E-state index contributed by atoms with van der Waals surface area (Å²) in [6.07, 6.45) is 7.75. The first kappa shape index (κ1) is 15.9. The molecule has 1 aliphatic heterocycles. The Morgan fingerprint density at radius 2 is 2.24 bits per heavy atom. The summed E-state index contributed by atoms with van der Waals surface area (Å²) < 4.78 is 5.76. The highest BCUT2D eigenvalue weighted by molar-refractivity contribution is 5.36. The van der Waals surface area contributed by atoms with Crippen LogP contribution in [0.4, 0.5) is 0 Å². The van der Waals surface area contributed by atoms with Gasteiger partial charge >= 0.3 is 0 Å². The number of ether oxygens (including phenoxy) is 1. The number of nitrogens with zero attached hydrogens (tertiary/aromatic N) is 2. The topological polar surface area (TPSA) is 36.3 Å². The van der Waals surface area contributed by atoms with Gasteiger partial charge in [-0.25, -0.2) is 0 Å². The summed E-state index contributed by atoms with van der Waals surface area (Å²) in [5, 5.41) is 8.87. The summed E-state index contributed by atoms with van der Waals surface area (Å²) in [5.74, 6) is 0.803.